The van der Waals surface area contributed by atoms with Crippen molar-refractivity contribution in [2.75, 3.05) is 49.4 Å². The Balaban J connectivity index is 0.000000202. The van der Waals surface area contributed by atoms with Gasteiger partial charge in [-0.15, -0.1) is 0 Å². The molecule has 15 N–H and O–H groups in total. The monoisotopic (exact) mass is 1660 g/mol. The lowest BCUT2D eigenvalue weighted by Gasteiger charge is -2.41. The molecule has 576 valence electrons. The molecule has 0 radical (unpaired) electrons. The second-order valence-corrected chi connectivity index (χ2v) is 48.7. The first-order valence-electron chi connectivity index (χ1n) is 31.8. The van der Waals surface area contributed by atoms with Gasteiger partial charge in [0.1, 0.15) is 96.9 Å². The summed E-state index contributed by atoms with van der Waals surface area (Å²) in [5.41, 5.74) is 23.5. The third-order valence-electron chi connectivity index (χ3n) is 19.1. The van der Waals surface area contributed by atoms with Gasteiger partial charge in [-0.05, 0) is 71.7 Å². The van der Waals surface area contributed by atoms with Crippen molar-refractivity contribution >= 4 is 159 Å². The van der Waals surface area contributed by atoms with Gasteiger partial charge >= 0.3 is 27.0 Å². The lowest BCUT2D eigenvalue weighted by atomic mass is 10.1. The van der Waals surface area contributed by atoms with E-state index in [1.54, 1.807) is 4.57 Å². The predicted molar refractivity (Wildman–Crippen MR) is 393 cm³/mol. The van der Waals surface area contributed by atoms with Gasteiger partial charge in [0.2, 0.25) is 11.9 Å². The molecule has 14 rings (SSSR count). The Labute approximate surface area is 618 Å². The lowest BCUT2D eigenvalue weighted by Crippen LogP contribution is -2.51. The number of aromatic nitrogens is 16. The maximum absolute atomic E-state index is 14.6. The molecule has 0 saturated carbocycles. The molecule has 8 unspecified atom stereocenters. The molecule has 52 heteroatoms. The van der Waals surface area contributed by atoms with Crippen LogP contribution in [0, 0.1) is 0 Å². The highest BCUT2D eigenvalue weighted by Crippen LogP contribution is 2.61. The Hall–Kier alpha value is -4.80. The van der Waals surface area contributed by atoms with Gasteiger partial charge in [-0.2, -0.15) is 9.97 Å². The van der Waals surface area contributed by atoms with E-state index < -0.39 is 173 Å². The van der Waals surface area contributed by atoms with Crippen molar-refractivity contribution in [3.63, 3.8) is 0 Å². The van der Waals surface area contributed by atoms with Gasteiger partial charge in [0.05, 0.1) is 51.7 Å². The van der Waals surface area contributed by atoms with Crippen LogP contribution in [0.5, 0.6) is 0 Å². The molecule has 0 aromatic carbocycles. The van der Waals surface area contributed by atoms with E-state index in [-0.39, 0.29) is 81.1 Å². The van der Waals surface area contributed by atoms with Crippen molar-refractivity contribution in [3.05, 3.63) is 58.7 Å². The topological polar surface area (TPSA) is 566 Å². The average Bonchev–Trinajstić information content (AvgIpc) is 1.61. The number of aromatic amines is 2. The van der Waals surface area contributed by atoms with Crippen LogP contribution in [-0.4, -0.2) is 219 Å². The minimum Gasteiger partial charge on any atom is -0.408 e. The highest BCUT2D eigenvalue weighted by atomic mass is 32.7. The number of aliphatic hydroxyl groups is 2. The van der Waals surface area contributed by atoms with Gasteiger partial charge in [0.15, 0.2) is 86.8 Å². The van der Waals surface area contributed by atoms with Gasteiger partial charge in [-0.3, -0.25) is 60.4 Å². The number of fused-ring (bicyclic) bond motifs is 12. The third-order valence-corrected chi connectivity index (χ3v) is 34.3. The number of nitrogen functional groups attached to an aromatic ring is 4. The summed E-state index contributed by atoms with van der Waals surface area (Å²) in [6.07, 6.45) is -11.9. The number of thiol groups is 1. The zero-order valence-electron chi connectivity index (χ0n) is 56.7. The first kappa shape index (κ1) is 79.7. The van der Waals surface area contributed by atoms with Crippen LogP contribution >= 0.6 is 39.2 Å². The van der Waals surface area contributed by atoms with Gasteiger partial charge in [0.25, 0.3) is 11.1 Å². The molecule has 105 heavy (non-hydrogen) atoms. The molecule has 0 aliphatic carbocycles. The number of nitrogens with two attached hydrogens (primary N) is 4. The Kier molecular flexibility index (Phi) is 22.1. The highest BCUT2D eigenvalue weighted by molar-refractivity contribution is 8.44. The standard InChI is InChI=1S/C32H52N10O11P2S2Si2.C20H24N10O11P2S2.CH4/c1-31(2,3)58(7,8)52-20-16-11-46-55(45,57)51-23-21(53-59(9,10)32(4,5)6)17(49-29(23)42-15-38-19-26(42)39-30(34)40-27(19)43)12-47-54(44,56)50-22(20)28(48-16)41-14-37-18-24(33)35-13-36-25(18)41;21-14-8-15(24-3-23-14)29(4-25-8)18-12-10(31)6(38-18)1-36-43(35,45)41-13-11(32)7(2-37-42(34,44)40-12)39-19(13)30-5-26-9-16(30)27-20(22)28-17(9)33;/h13-17,20-23,28-29H,11-12H2,1-10H3,(H,44,56)(H,45,57)(H2,33,35,36)(H3,34,39,40,43);3-7,10-13,18-19,31-32H,1-2H2,(H,34,44)(H,35,45)(H2,21,23,24)(H3,22,27,28,33);1H4/t16-,17-,20?,21?,22+,23+,28-,29-,54?,55?;6-,7-,10?,11?,12+,13+,18-,19-,42?,43?;/m11./s1. The van der Waals surface area contributed by atoms with Gasteiger partial charge < -0.3 is 89.2 Å². The fraction of sp³-hybridized carbons (Fsp3) is 0.623. The van der Waals surface area contributed by atoms with Crippen molar-refractivity contribution in [3.8, 4) is 0 Å². The molecule has 42 nitrogen and oxygen atoms in total. The first-order valence-corrected chi connectivity index (χ1v) is 48.1. The zero-order valence-corrected chi connectivity index (χ0v) is 65.7. The number of hydrogen-bond donors (Lipinski definition) is 12. The molecule has 0 spiro atoms. The fourth-order valence-electron chi connectivity index (χ4n) is 11.8. The number of rotatable bonds is 8. The SMILES string of the molecule is C.CC(C)(C)[Si](C)(C)OC1[C@H]2COP(O)(=S)O[C@H]3C(O[Si](C)(C)C(C)(C)C)[C@@H](COP(=O)(S)O[C@@H]1[C@H](n1cnc4c(N)ncnc41)O2)O[C@H]3n1cnc2c(=O)[nH]c(N)nc21.Nc1nc2c(ncn2[C@@H]2O[C@@H]3COP(O)(=S)O[C@H]4C(O)[C@@H](COP(O)(=S)O[C@H]2C3O)O[C@H]4n2cnc3c(N)ncnc32)c(=O)[nH]1. The van der Waals surface area contributed by atoms with Gasteiger partial charge in [-0.1, -0.05) is 61.2 Å². The molecule has 8 aromatic rings. The Bertz CT molecular complexity index is 4940. The second-order valence-electron chi connectivity index (χ2n) is 28.0. The minimum atomic E-state index is -4.37. The maximum atomic E-state index is 14.6. The molecular weight excluding hydrogens is 1580 g/mol. The highest BCUT2D eigenvalue weighted by Gasteiger charge is 2.59. The molecular formula is C53H80N20O22P4S4Si2. The van der Waals surface area contributed by atoms with E-state index in [9.17, 15) is 39.0 Å². The summed E-state index contributed by atoms with van der Waals surface area (Å²) in [6, 6.07) is 0. The second kappa shape index (κ2) is 29.1. The molecule has 6 aliphatic heterocycles. The number of aliphatic hydroxyl groups excluding tert-OH is 2. The van der Waals surface area contributed by atoms with Crippen LogP contribution in [0.15, 0.2) is 47.6 Å². The number of H-pyrrole nitrogens is 2. The first-order chi connectivity index (χ1) is 48.5. The van der Waals surface area contributed by atoms with E-state index in [2.05, 4.69) is 114 Å². The molecule has 6 fully saturated rings. The number of anilines is 4. The summed E-state index contributed by atoms with van der Waals surface area (Å²) < 4.78 is 107. The predicted octanol–water partition coefficient (Wildman–Crippen LogP) is 3.30. The van der Waals surface area contributed by atoms with Crippen LogP contribution in [-0.2, 0) is 104 Å². The largest absolute Gasteiger partial charge is 0.408 e. The third kappa shape index (κ3) is 15.8. The summed E-state index contributed by atoms with van der Waals surface area (Å²) in [5.74, 6) is -0.166. The zero-order chi connectivity index (χ0) is 75.1. The Morgan fingerprint density at radius 3 is 1.20 bits per heavy atom. The van der Waals surface area contributed by atoms with E-state index in [1.807, 2.05) is 26.2 Å². The van der Waals surface area contributed by atoms with Crippen molar-refractivity contribution in [2.45, 2.75) is 183 Å². The molecule has 6 aliphatic rings. The van der Waals surface area contributed by atoms with Crippen LogP contribution in [0.1, 0.15) is 73.9 Å². The number of hydrogen-bond acceptors (Lipinski definition) is 36. The van der Waals surface area contributed by atoms with Crippen LogP contribution < -0.4 is 34.1 Å². The van der Waals surface area contributed by atoms with Crippen LogP contribution in [0.4, 0.5) is 23.5 Å². The van der Waals surface area contributed by atoms with Crippen molar-refractivity contribution in [1.29, 1.82) is 0 Å². The summed E-state index contributed by atoms with van der Waals surface area (Å²) in [6.45, 7) is 1.55. The minimum absolute atomic E-state index is 0. The molecule has 8 aromatic heterocycles. The van der Waals surface area contributed by atoms with E-state index in [4.69, 9.17) is 122 Å². The number of nitrogens with one attached hydrogen (secondary N) is 2. The van der Waals surface area contributed by atoms with Crippen molar-refractivity contribution in [2.24, 2.45) is 0 Å². The maximum Gasteiger partial charge on any atom is 0.386 e. The van der Waals surface area contributed by atoms with E-state index >= 15 is 0 Å². The van der Waals surface area contributed by atoms with E-state index in [0.717, 1.165) is 0 Å². The van der Waals surface area contributed by atoms with Crippen molar-refractivity contribution in [1.82, 2.24) is 78.1 Å². The summed E-state index contributed by atoms with van der Waals surface area (Å²) in [5, 5.41) is 21.8. The fourth-order valence-corrected chi connectivity index (χ4v) is 20.2. The Morgan fingerprint density at radius 2 is 0.819 bits per heavy atom. The van der Waals surface area contributed by atoms with Crippen LogP contribution in [0.25, 0.3) is 44.7 Å². The molecule has 8 bridgehead atoms. The normalized spacial score (nSPS) is 34.6. The lowest BCUT2D eigenvalue weighted by molar-refractivity contribution is -0.0615. The van der Waals surface area contributed by atoms with Crippen LogP contribution in [0.3, 0.4) is 0 Å². The number of imidazole rings is 4. The van der Waals surface area contributed by atoms with Gasteiger partial charge in [0, 0.05) is 0 Å². The van der Waals surface area contributed by atoms with E-state index in [0.29, 0.717) is 11.2 Å². The smallest absolute Gasteiger partial charge is 0.386 e. The number of ether oxygens (including phenoxy) is 4. The average molecular weight is 1660 g/mol. The molecule has 0 amide bonds. The Morgan fingerprint density at radius 1 is 0.505 bits per heavy atom. The molecule has 14 heterocycles. The quantitative estimate of drug-likeness (QED) is 0.0590. The summed E-state index contributed by atoms with van der Waals surface area (Å²) in [7, 11) is -5.36. The van der Waals surface area contributed by atoms with Crippen molar-refractivity contribution < 1.29 is 93.4 Å². The van der Waals surface area contributed by atoms with Gasteiger partial charge in [-0.25, -0.2) is 44.4 Å². The number of nitrogens with zero attached hydrogens (tertiary/aromatic N) is 14. The molecule has 6 saturated heterocycles. The summed E-state index contributed by atoms with van der Waals surface area (Å²) in [4.78, 5) is 106. The summed E-state index contributed by atoms with van der Waals surface area (Å²) >= 11 is 20.7. The van der Waals surface area contributed by atoms with E-state index in [1.165, 1.54) is 51.7 Å². The molecule has 20 atom stereocenters. The van der Waals surface area contributed by atoms with Crippen LogP contribution in [0.2, 0.25) is 36.3 Å².